The molecule has 0 spiro atoms. The first-order chi connectivity index (χ1) is 9.61. The summed E-state index contributed by atoms with van der Waals surface area (Å²) in [6, 6.07) is -0.358. The third-order valence-corrected chi connectivity index (χ3v) is 4.46. The zero-order valence-corrected chi connectivity index (χ0v) is 14.4. The molecule has 0 aromatic carbocycles. The van der Waals surface area contributed by atoms with Gasteiger partial charge in [0.2, 0.25) is 11.8 Å². The average molecular weight is 294 g/mol. The van der Waals surface area contributed by atoms with Crippen molar-refractivity contribution in [3.63, 3.8) is 0 Å². The van der Waals surface area contributed by atoms with Crippen molar-refractivity contribution in [3.05, 3.63) is 11.6 Å². The maximum absolute atomic E-state index is 12.4. The van der Waals surface area contributed by atoms with E-state index < -0.39 is 6.04 Å². The van der Waals surface area contributed by atoms with Crippen molar-refractivity contribution in [1.82, 2.24) is 10.6 Å². The molecule has 1 saturated carbocycles. The third-order valence-electron chi connectivity index (χ3n) is 4.46. The van der Waals surface area contributed by atoms with Gasteiger partial charge in [-0.2, -0.15) is 0 Å². The lowest BCUT2D eigenvalue weighted by atomic mass is 10.1. The van der Waals surface area contributed by atoms with Crippen molar-refractivity contribution in [2.24, 2.45) is 17.3 Å². The molecule has 0 aromatic heterocycles. The summed E-state index contributed by atoms with van der Waals surface area (Å²) in [5.41, 5.74) is 1.21. The molecule has 21 heavy (non-hydrogen) atoms. The Morgan fingerprint density at radius 1 is 1.19 bits per heavy atom. The number of carbonyl (C=O) groups is 2. The van der Waals surface area contributed by atoms with Crippen molar-refractivity contribution in [2.75, 3.05) is 0 Å². The maximum atomic E-state index is 12.4. The van der Waals surface area contributed by atoms with Crippen LogP contribution in [0.3, 0.4) is 0 Å². The summed E-state index contributed by atoms with van der Waals surface area (Å²) in [4.78, 5) is 24.3. The second-order valence-electron chi connectivity index (χ2n) is 7.12. The van der Waals surface area contributed by atoms with E-state index in [-0.39, 0.29) is 35.1 Å². The first-order valence-electron chi connectivity index (χ1n) is 7.87. The SMILES string of the molecule is CCC(C)NC(=O)C(C)NC(=O)C1C(C=C(C)C)C1(C)C. The summed E-state index contributed by atoms with van der Waals surface area (Å²) in [5.74, 6) is 0.0998. The molecule has 120 valence electrons. The first-order valence-corrected chi connectivity index (χ1v) is 7.87. The minimum absolute atomic E-state index is 0.0192. The lowest BCUT2D eigenvalue weighted by molar-refractivity contribution is -0.130. The van der Waals surface area contributed by atoms with Gasteiger partial charge in [-0.15, -0.1) is 0 Å². The second kappa shape index (κ2) is 6.63. The summed E-state index contributed by atoms with van der Waals surface area (Å²) >= 11 is 0. The van der Waals surface area contributed by atoms with E-state index in [1.54, 1.807) is 6.92 Å². The predicted octanol–water partition coefficient (Wildman–Crippen LogP) is 2.64. The number of allylic oxidation sites excluding steroid dienone is 2. The number of rotatable bonds is 6. The van der Waals surface area contributed by atoms with Crippen LogP contribution in [0.2, 0.25) is 0 Å². The van der Waals surface area contributed by atoms with Gasteiger partial charge >= 0.3 is 0 Å². The van der Waals surface area contributed by atoms with Crippen LogP contribution >= 0.6 is 0 Å². The van der Waals surface area contributed by atoms with E-state index in [4.69, 9.17) is 0 Å². The molecule has 1 rings (SSSR count). The van der Waals surface area contributed by atoms with Gasteiger partial charge < -0.3 is 10.6 Å². The minimum Gasteiger partial charge on any atom is -0.352 e. The van der Waals surface area contributed by atoms with Gasteiger partial charge in [-0.25, -0.2) is 0 Å². The van der Waals surface area contributed by atoms with Gasteiger partial charge in [0, 0.05) is 6.04 Å². The average Bonchev–Trinajstić information content (AvgIpc) is 2.89. The van der Waals surface area contributed by atoms with Crippen molar-refractivity contribution in [1.29, 1.82) is 0 Å². The highest BCUT2D eigenvalue weighted by molar-refractivity contribution is 5.90. The molecule has 4 nitrogen and oxygen atoms in total. The maximum Gasteiger partial charge on any atom is 0.242 e. The largest absolute Gasteiger partial charge is 0.352 e. The Morgan fingerprint density at radius 2 is 1.76 bits per heavy atom. The summed E-state index contributed by atoms with van der Waals surface area (Å²) in [6.45, 7) is 14.0. The quantitative estimate of drug-likeness (QED) is 0.740. The number of nitrogens with one attached hydrogen (secondary N) is 2. The normalized spacial score (nSPS) is 25.5. The first kappa shape index (κ1) is 17.7. The Balaban J connectivity index is 2.58. The Bertz CT molecular complexity index is 436. The van der Waals surface area contributed by atoms with E-state index in [1.807, 2.05) is 27.7 Å². The standard InChI is InChI=1S/C17H30N2O2/c1-8-11(4)18-15(20)12(5)19-16(21)14-13(9-10(2)3)17(14,6)7/h9,11-14H,8H2,1-7H3,(H,18,20)(H,19,21). The fourth-order valence-electron chi connectivity index (χ4n) is 2.69. The van der Waals surface area contributed by atoms with Crippen molar-refractivity contribution in [3.8, 4) is 0 Å². The van der Waals surface area contributed by atoms with Crippen LogP contribution in [0.25, 0.3) is 0 Å². The monoisotopic (exact) mass is 294 g/mol. The zero-order valence-electron chi connectivity index (χ0n) is 14.4. The topological polar surface area (TPSA) is 58.2 Å². The van der Waals surface area contributed by atoms with Crippen LogP contribution in [-0.4, -0.2) is 23.9 Å². The number of amides is 2. The van der Waals surface area contributed by atoms with Gasteiger partial charge in [0.1, 0.15) is 6.04 Å². The highest BCUT2D eigenvalue weighted by atomic mass is 16.2. The zero-order chi connectivity index (χ0) is 16.4. The van der Waals surface area contributed by atoms with E-state index in [0.29, 0.717) is 0 Å². The van der Waals surface area contributed by atoms with E-state index in [2.05, 4.69) is 30.6 Å². The van der Waals surface area contributed by atoms with Gasteiger partial charge in [0.15, 0.2) is 0 Å². The van der Waals surface area contributed by atoms with Gasteiger partial charge in [0.05, 0.1) is 5.92 Å². The van der Waals surface area contributed by atoms with Crippen LogP contribution in [0.4, 0.5) is 0 Å². The molecule has 2 amide bonds. The molecule has 1 aliphatic carbocycles. The summed E-state index contributed by atoms with van der Waals surface area (Å²) < 4.78 is 0. The summed E-state index contributed by atoms with van der Waals surface area (Å²) in [6.07, 6.45) is 3.04. The van der Waals surface area contributed by atoms with Crippen molar-refractivity contribution in [2.45, 2.75) is 67.0 Å². The van der Waals surface area contributed by atoms with Crippen LogP contribution < -0.4 is 10.6 Å². The van der Waals surface area contributed by atoms with E-state index in [9.17, 15) is 9.59 Å². The highest BCUT2D eigenvalue weighted by Gasteiger charge is 2.60. The minimum atomic E-state index is -0.491. The van der Waals surface area contributed by atoms with E-state index >= 15 is 0 Å². The molecule has 0 aliphatic heterocycles. The van der Waals surface area contributed by atoms with Crippen molar-refractivity contribution >= 4 is 11.8 Å². The summed E-state index contributed by atoms with van der Waals surface area (Å²) in [7, 11) is 0. The van der Waals surface area contributed by atoms with Crippen LogP contribution in [-0.2, 0) is 9.59 Å². The fraction of sp³-hybridized carbons (Fsp3) is 0.765. The molecule has 0 heterocycles. The molecule has 4 heteroatoms. The van der Waals surface area contributed by atoms with E-state index in [0.717, 1.165) is 6.42 Å². The molecular formula is C17H30N2O2. The van der Waals surface area contributed by atoms with Crippen LogP contribution in [0.1, 0.15) is 54.9 Å². The molecule has 1 aliphatic rings. The van der Waals surface area contributed by atoms with Gasteiger partial charge in [0.25, 0.3) is 0 Å². The number of carbonyl (C=O) groups excluding carboxylic acids is 2. The molecule has 4 atom stereocenters. The molecular weight excluding hydrogens is 264 g/mol. The van der Waals surface area contributed by atoms with Crippen LogP contribution in [0.15, 0.2) is 11.6 Å². The molecule has 4 unspecified atom stereocenters. The fourth-order valence-corrected chi connectivity index (χ4v) is 2.69. The second-order valence-corrected chi connectivity index (χ2v) is 7.12. The van der Waals surface area contributed by atoms with Crippen LogP contribution in [0.5, 0.6) is 0 Å². The highest BCUT2D eigenvalue weighted by Crippen LogP contribution is 2.59. The molecule has 1 fully saturated rings. The number of hydrogen-bond donors (Lipinski definition) is 2. The lowest BCUT2D eigenvalue weighted by Gasteiger charge is -2.17. The van der Waals surface area contributed by atoms with Gasteiger partial charge in [-0.1, -0.05) is 32.4 Å². The van der Waals surface area contributed by atoms with Crippen molar-refractivity contribution < 1.29 is 9.59 Å². The molecule has 0 aromatic rings. The number of hydrogen-bond acceptors (Lipinski definition) is 2. The Hall–Kier alpha value is -1.32. The lowest BCUT2D eigenvalue weighted by Crippen LogP contribution is -2.48. The smallest absolute Gasteiger partial charge is 0.242 e. The molecule has 0 saturated heterocycles. The van der Waals surface area contributed by atoms with Crippen LogP contribution in [0, 0.1) is 17.3 Å². The Kier molecular flexibility index (Phi) is 5.60. The van der Waals surface area contributed by atoms with Gasteiger partial charge in [-0.3, -0.25) is 9.59 Å². The third kappa shape index (κ3) is 4.32. The molecule has 2 N–H and O–H groups in total. The molecule has 0 radical (unpaired) electrons. The van der Waals surface area contributed by atoms with E-state index in [1.165, 1.54) is 5.57 Å². The Morgan fingerprint density at radius 3 is 2.24 bits per heavy atom. The molecule has 0 bridgehead atoms. The Labute approximate surface area is 128 Å². The predicted molar refractivity (Wildman–Crippen MR) is 85.7 cm³/mol. The van der Waals surface area contributed by atoms with Gasteiger partial charge in [-0.05, 0) is 45.4 Å². The summed E-state index contributed by atoms with van der Waals surface area (Å²) in [5, 5.41) is 5.74.